The Bertz CT molecular complexity index is 1250. The molecule has 158 valence electrons. The summed E-state index contributed by atoms with van der Waals surface area (Å²) in [5.41, 5.74) is 0.794. The summed E-state index contributed by atoms with van der Waals surface area (Å²) in [4.78, 5) is 26.2. The van der Waals surface area contributed by atoms with Crippen molar-refractivity contribution in [2.45, 2.75) is 13.1 Å². The third kappa shape index (κ3) is 3.74. The largest absolute Gasteiger partial charge is 0.457 e. The van der Waals surface area contributed by atoms with Crippen LogP contribution >= 0.6 is 11.8 Å². The number of aryl methyl sites for hydroxylation is 1. The van der Waals surface area contributed by atoms with E-state index in [1.807, 2.05) is 0 Å². The van der Waals surface area contributed by atoms with E-state index < -0.39 is 27.9 Å². The lowest BCUT2D eigenvalue weighted by Gasteiger charge is -2.19. The smallest absolute Gasteiger partial charge is 0.441 e. The molecule has 0 spiro atoms. The van der Waals surface area contributed by atoms with E-state index in [0.29, 0.717) is 21.9 Å². The summed E-state index contributed by atoms with van der Waals surface area (Å²) in [7, 11) is 0. The van der Waals surface area contributed by atoms with Gasteiger partial charge in [0.25, 0.3) is 11.6 Å². The number of aliphatic imine (C=N–C) groups is 1. The van der Waals surface area contributed by atoms with Crippen molar-refractivity contribution in [1.82, 2.24) is 5.01 Å². The molecule has 0 unspecified atom stereocenters. The van der Waals surface area contributed by atoms with E-state index in [2.05, 4.69) is 10.1 Å². The summed E-state index contributed by atoms with van der Waals surface area (Å²) in [5.74, 6) is -0.961. The molecule has 0 saturated heterocycles. The number of hydrogen-bond donors (Lipinski definition) is 1. The van der Waals surface area contributed by atoms with Crippen molar-refractivity contribution in [2.24, 2.45) is 10.1 Å². The highest BCUT2D eigenvalue weighted by atomic mass is 32.2. The molecule has 0 aliphatic carbocycles. The summed E-state index contributed by atoms with van der Waals surface area (Å²) in [6.45, 7) is 1.67. The number of halogens is 3. The number of carbonyl (C=O) groups is 1. The summed E-state index contributed by atoms with van der Waals surface area (Å²) in [6.07, 6.45) is -3.54. The minimum absolute atomic E-state index is 0.0765. The van der Waals surface area contributed by atoms with Crippen LogP contribution in [0, 0.1) is 22.4 Å². The molecular formula is C18H10F3N5O4S. The molecule has 1 aromatic heterocycles. The van der Waals surface area contributed by atoms with E-state index in [4.69, 9.17) is 9.83 Å². The van der Waals surface area contributed by atoms with Crippen LogP contribution in [0.15, 0.2) is 50.4 Å². The predicted molar refractivity (Wildman–Crippen MR) is 107 cm³/mol. The number of nitrogens with zero attached hydrogens (tertiary/aromatic N) is 4. The second-order valence-electron chi connectivity index (χ2n) is 6.38. The average molecular weight is 449 g/mol. The van der Waals surface area contributed by atoms with Crippen molar-refractivity contribution >= 4 is 45.5 Å². The number of benzene rings is 1. The lowest BCUT2D eigenvalue weighted by Crippen LogP contribution is -2.35. The van der Waals surface area contributed by atoms with Gasteiger partial charge in [-0.25, -0.2) is 0 Å². The number of hydrazone groups is 1. The van der Waals surface area contributed by atoms with Crippen LogP contribution in [-0.4, -0.2) is 38.1 Å². The van der Waals surface area contributed by atoms with Crippen molar-refractivity contribution in [3.05, 3.63) is 57.3 Å². The van der Waals surface area contributed by atoms with Crippen molar-refractivity contribution in [2.75, 3.05) is 0 Å². The fraction of sp³-hybridized carbons (Fsp3) is 0.111. The Morgan fingerprint density at radius 3 is 2.68 bits per heavy atom. The molecule has 0 fully saturated rings. The van der Waals surface area contributed by atoms with Crippen LogP contribution in [0.5, 0.6) is 0 Å². The Balaban J connectivity index is 1.64. The van der Waals surface area contributed by atoms with E-state index in [9.17, 15) is 28.1 Å². The molecule has 2 aromatic rings. The van der Waals surface area contributed by atoms with Crippen molar-refractivity contribution in [3.63, 3.8) is 0 Å². The molecule has 0 bridgehead atoms. The Hall–Kier alpha value is -3.74. The van der Waals surface area contributed by atoms with Gasteiger partial charge in [-0.1, -0.05) is 0 Å². The first-order valence-electron chi connectivity index (χ1n) is 8.47. The van der Waals surface area contributed by atoms with Gasteiger partial charge in [0.1, 0.15) is 11.5 Å². The minimum Gasteiger partial charge on any atom is -0.457 e. The maximum absolute atomic E-state index is 12.9. The fourth-order valence-electron chi connectivity index (χ4n) is 2.86. The Labute approximate surface area is 175 Å². The molecule has 13 heteroatoms. The fourth-order valence-corrected chi connectivity index (χ4v) is 3.62. The SMILES string of the molecule is Cc1cc([N+](=O)[O-])ccc1-c1ccc(/C=C2/C(=N)N3N=C(C(F)(F)F)SC3=NC2=O)o1. The number of amides is 1. The van der Waals surface area contributed by atoms with Gasteiger partial charge in [0.2, 0.25) is 10.2 Å². The van der Waals surface area contributed by atoms with Gasteiger partial charge in [-0.2, -0.15) is 28.3 Å². The van der Waals surface area contributed by atoms with E-state index >= 15 is 0 Å². The maximum Gasteiger partial charge on any atom is 0.441 e. The highest BCUT2D eigenvalue weighted by Crippen LogP contribution is 2.35. The van der Waals surface area contributed by atoms with Crippen LogP contribution in [0.1, 0.15) is 11.3 Å². The Morgan fingerprint density at radius 2 is 2.03 bits per heavy atom. The van der Waals surface area contributed by atoms with Crippen molar-refractivity contribution in [1.29, 1.82) is 5.41 Å². The summed E-state index contributed by atoms with van der Waals surface area (Å²) < 4.78 is 44.3. The van der Waals surface area contributed by atoms with Gasteiger partial charge in [-0.3, -0.25) is 20.3 Å². The molecule has 9 nitrogen and oxygen atoms in total. The number of nitrogens with one attached hydrogen (secondary N) is 1. The normalized spacial score (nSPS) is 17.7. The summed E-state index contributed by atoms with van der Waals surface area (Å²) >= 11 is 0.164. The number of hydrogen-bond acceptors (Lipinski definition) is 7. The maximum atomic E-state index is 12.9. The van der Waals surface area contributed by atoms with Gasteiger partial charge in [0, 0.05) is 17.7 Å². The van der Waals surface area contributed by atoms with Crippen LogP contribution in [0.3, 0.4) is 0 Å². The Morgan fingerprint density at radius 1 is 1.29 bits per heavy atom. The van der Waals surface area contributed by atoms with Gasteiger partial charge in [-0.15, -0.1) is 0 Å². The third-order valence-corrected chi connectivity index (χ3v) is 5.25. The molecule has 1 amide bonds. The van der Waals surface area contributed by atoms with Gasteiger partial charge in [0.15, 0.2) is 5.84 Å². The zero-order valence-electron chi connectivity index (χ0n) is 15.4. The zero-order chi connectivity index (χ0) is 22.5. The number of non-ortho nitro benzene ring substituents is 1. The second kappa shape index (κ2) is 7.19. The molecule has 3 heterocycles. The lowest BCUT2D eigenvalue weighted by atomic mass is 10.1. The summed E-state index contributed by atoms with van der Waals surface area (Å²) in [6, 6.07) is 7.28. The van der Waals surface area contributed by atoms with Crippen LogP contribution in [0.25, 0.3) is 17.4 Å². The molecule has 0 saturated carbocycles. The molecule has 1 aromatic carbocycles. The highest BCUT2D eigenvalue weighted by Gasteiger charge is 2.46. The van der Waals surface area contributed by atoms with Crippen molar-refractivity contribution < 1.29 is 27.3 Å². The van der Waals surface area contributed by atoms with Gasteiger partial charge < -0.3 is 4.42 Å². The first-order chi connectivity index (χ1) is 14.5. The van der Waals surface area contributed by atoms with Crippen LogP contribution in [0.4, 0.5) is 18.9 Å². The number of nitro benzene ring substituents is 1. The van der Waals surface area contributed by atoms with Gasteiger partial charge in [-0.05, 0) is 48.5 Å². The quantitative estimate of drug-likeness (QED) is 0.422. The molecular weight excluding hydrogens is 439 g/mol. The molecule has 1 N–H and O–H groups in total. The first kappa shape index (κ1) is 20.5. The molecule has 2 aliphatic heterocycles. The minimum atomic E-state index is -4.73. The van der Waals surface area contributed by atoms with E-state index in [1.165, 1.54) is 30.3 Å². The number of fused-ring (bicyclic) bond motifs is 1. The molecule has 0 atom stereocenters. The highest BCUT2D eigenvalue weighted by molar-refractivity contribution is 8.27. The number of furan rings is 1. The lowest BCUT2D eigenvalue weighted by molar-refractivity contribution is -0.384. The van der Waals surface area contributed by atoms with Crippen molar-refractivity contribution in [3.8, 4) is 11.3 Å². The number of nitro groups is 1. The monoisotopic (exact) mass is 449 g/mol. The molecule has 0 radical (unpaired) electrons. The van der Waals surface area contributed by atoms with Crippen LogP contribution in [0.2, 0.25) is 0 Å². The standard InChI is InChI=1S/C18H10F3N5O4S/c1-8-6-9(26(28)29)2-4-11(8)13-5-3-10(30-13)7-12-14(22)25-17(23-15(12)27)31-16(24-25)18(19,20)21/h2-7,22H,1H3/b12-7-,22-14?. The molecule has 4 rings (SSSR count). The second-order valence-corrected chi connectivity index (χ2v) is 7.34. The van der Waals surface area contributed by atoms with E-state index in [0.717, 1.165) is 0 Å². The first-order valence-corrected chi connectivity index (χ1v) is 9.29. The average Bonchev–Trinajstić information content (AvgIpc) is 3.32. The van der Waals surface area contributed by atoms with Crippen LogP contribution in [-0.2, 0) is 4.79 Å². The number of rotatable bonds is 3. The molecule has 31 heavy (non-hydrogen) atoms. The summed E-state index contributed by atoms with van der Waals surface area (Å²) in [5, 5.41) is 21.4. The van der Waals surface area contributed by atoms with E-state index in [1.54, 1.807) is 13.0 Å². The zero-order valence-corrected chi connectivity index (χ0v) is 16.2. The van der Waals surface area contributed by atoms with Gasteiger partial charge in [0.05, 0.1) is 10.5 Å². The number of thioether (sulfide) groups is 1. The number of carbonyl (C=O) groups excluding carboxylic acids is 1. The topological polar surface area (TPSA) is 125 Å². The Kier molecular flexibility index (Phi) is 4.76. The van der Waals surface area contributed by atoms with E-state index in [-0.39, 0.29) is 34.0 Å². The third-order valence-electron chi connectivity index (χ3n) is 4.30. The number of amidine groups is 2. The van der Waals surface area contributed by atoms with Gasteiger partial charge >= 0.3 is 6.18 Å². The number of alkyl halides is 3. The molecule has 2 aliphatic rings. The predicted octanol–water partition coefficient (Wildman–Crippen LogP) is 4.34. The van der Waals surface area contributed by atoms with Crippen LogP contribution < -0.4 is 0 Å².